The van der Waals surface area contributed by atoms with Gasteiger partial charge in [-0.3, -0.25) is 4.98 Å². The van der Waals surface area contributed by atoms with Crippen molar-refractivity contribution in [2.24, 2.45) is 0 Å². The number of rotatable bonds is 2. The maximum absolute atomic E-state index is 13.1. The fourth-order valence-corrected chi connectivity index (χ4v) is 2.52. The van der Waals surface area contributed by atoms with Crippen LogP contribution >= 0.6 is 11.6 Å². The average Bonchev–Trinajstić information content (AvgIpc) is 2.94. The summed E-state index contributed by atoms with van der Waals surface area (Å²) in [5.74, 6) is 0.452. The summed E-state index contributed by atoms with van der Waals surface area (Å²) in [6.07, 6.45) is -4.30. The first-order valence-corrected chi connectivity index (χ1v) is 6.54. The number of aliphatic hydroxyl groups is 1. The maximum Gasteiger partial charge on any atom is 0.416 e. The fourth-order valence-electron chi connectivity index (χ4n) is 2.26. The minimum absolute atomic E-state index is 0.0233. The van der Waals surface area contributed by atoms with E-state index >= 15 is 0 Å². The number of alkyl halides is 3. The van der Waals surface area contributed by atoms with Crippen LogP contribution in [0, 0.1) is 0 Å². The van der Waals surface area contributed by atoms with E-state index in [0.29, 0.717) is 5.75 Å². The first-order valence-electron chi connectivity index (χ1n) is 6.16. The van der Waals surface area contributed by atoms with Crippen molar-refractivity contribution < 1.29 is 27.8 Å². The Morgan fingerprint density at radius 3 is 2.73 bits per heavy atom. The van der Waals surface area contributed by atoms with E-state index in [0.717, 1.165) is 18.5 Å². The molecule has 3 rings (SSSR count). The molecule has 0 bridgehead atoms. The number of hydrogen-bond acceptors (Lipinski definition) is 4. The zero-order valence-corrected chi connectivity index (χ0v) is 11.6. The molecule has 1 aliphatic heterocycles. The molecule has 4 nitrogen and oxygen atoms in total. The molecule has 0 fully saturated rings. The van der Waals surface area contributed by atoms with Gasteiger partial charge in [-0.05, 0) is 18.2 Å². The molecule has 1 aliphatic rings. The van der Waals surface area contributed by atoms with Crippen LogP contribution in [0.3, 0.4) is 0 Å². The lowest BCUT2D eigenvalue weighted by Gasteiger charge is -2.19. The van der Waals surface area contributed by atoms with Gasteiger partial charge in [0.15, 0.2) is 11.5 Å². The van der Waals surface area contributed by atoms with Gasteiger partial charge in [0, 0.05) is 23.5 Å². The Hall–Kier alpha value is -1.99. The van der Waals surface area contributed by atoms with E-state index in [1.165, 1.54) is 12.1 Å². The predicted octanol–water partition coefficient (Wildman–Crippen LogP) is 3.56. The lowest BCUT2D eigenvalue weighted by Crippen LogP contribution is -2.13. The van der Waals surface area contributed by atoms with E-state index in [4.69, 9.17) is 21.1 Å². The lowest BCUT2D eigenvalue weighted by molar-refractivity contribution is -0.139. The summed E-state index contributed by atoms with van der Waals surface area (Å²) in [7, 11) is 0. The van der Waals surface area contributed by atoms with E-state index < -0.39 is 23.4 Å². The van der Waals surface area contributed by atoms with Gasteiger partial charge in [0.25, 0.3) is 0 Å². The number of hydrogen-bond donors (Lipinski definition) is 1. The molecule has 116 valence electrons. The summed E-state index contributed by atoms with van der Waals surface area (Å²) in [5.41, 5.74) is -1.36. The van der Waals surface area contributed by atoms with E-state index in [2.05, 4.69) is 4.98 Å². The van der Waals surface area contributed by atoms with Gasteiger partial charge in [0.05, 0.1) is 10.6 Å². The highest BCUT2D eigenvalue weighted by molar-refractivity contribution is 6.31. The van der Waals surface area contributed by atoms with Crippen LogP contribution in [-0.4, -0.2) is 16.9 Å². The Balaban J connectivity index is 2.14. The van der Waals surface area contributed by atoms with Crippen molar-refractivity contribution in [1.82, 2.24) is 4.98 Å². The average molecular weight is 332 g/mol. The summed E-state index contributed by atoms with van der Waals surface area (Å²) in [6, 6.07) is 3.75. The van der Waals surface area contributed by atoms with Crippen LogP contribution in [-0.2, 0) is 6.18 Å². The summed E-state index contributed by atoms with van der Waals surface area (Å²) >= 11 is 6.02. The van der Waals surface area contributed by atoms with Crippen LogP contribution in [0.15, 0.2) is 30.6 Å². The van der Waals surface area contributed by atoms with Crippen LogP contribution < -0.4 is 9.47 Å². The zero-order valence-electron chi connectivity index (χ0n) is 10.9. The summed E-state index contributed by atoms with van der Waals surface area (Å²) in [4.78, 5) is 3.65. The third kappa shape index (κ3) is 2.46. The highest BCUT2D eigenvalue weighted by Gasteiger charge is 2.37. The van der Waals surface area contributed by atoms with Gasteiger partial charge < -0.3 is 14.6 Å². The molecule has 0 radical (unpaired) electrons. The molecule has 1 N–H and O–H groups in total. The standard InChI is InChI=1S/C14H9ClF3NO3/c15-9-1-2-10-13(22-6-21-10)11(9)12(20)7-5-19-4-3-8(7)14(16,17)18/h1-5,12,20H,6H2. The normalized spacial score (nSPS) is 15.0. The van der Waals surface area contributed by atoms with Crippen molar-refractivity contribution in [3.05, 3.63) is 52.3 Å². The van der Waals surface area contributed by atoms with E-state index in [1.54, 1.807) is 0 Å². The Bertz CT molecular complexity index is 721. The molecular formula is C14H9ClF3NO3. The molecule has 2 aromatic rings. The minimum atomic E-state index is -4.62. The second kappa shape index (κ2) is 5.33. The van der Waals surface area contributed by atoms with Gasteiger partial charge in [-0.25, -0.2) is 0 Å². The molecule has 0 aliphatic carbocycles. The first-order chi connectivity index (χ1) is 10.4. The Labute approximate surface area is 128 Å². The fraction of sp³-hybridized carbons (Fsp3) is 0.214. The number of aromatic nitrogens is 1. The molecule has 0 saturated heterocycles. The molecular weight excluding hydrogens is 323 g/mol. The van der Waals surface area contributed by atoms with Crippen LogP contribution in [0.2, 0.25) is 5.02 Å². The summed E-state index contributed by atoms with van der Waals surface area (Å²) in [6.45, 7) is -0.0887. The number of halogens is 4. The van der Waals surface area contributed by atoms with Gasteiger partial charge >= 0.3 is 6.18 Å². The van der Waals surface area contributed by atoms with Crippen LogP contribution in [0.1, 0.15) is 22.8 Å². The largest absolute Gasteiger partial charge is 0.454 e. The van der Waals surface area contributed by atoms with Crippen molar-refractivity contribution in [3.8, 4) is 11.5 Å². The molecule has 2 heterocycles. The van der Waals surface area contributed by atoms with Gasteiger partial charge in [0.2, 0.25) is 6.79 Å². The van der Waals surface area contributed by atoms with Crippen molar-refractivity contribution in [2.75, 3.05) is 6.79 Å². The highest BCUT2D eigenvalue weighted by atomic mass is 35.5. The number of ether oxygens (including phenoxy) is 2. The Morgan fingerprint density at radius 1 is 1.23 bits per heavy atom. The molecule has 0 amide bonds. The second-order valence-corrected chi connectivity index (χ2v) is 4.97. The smallest absolute Gasteiger partial charge is 0.416 e. The number of aliphatic hydroxyl groups excluding tert-OH is 1. The van der Waals surface area contributed by atoms with Crippen molar-refractivity contribution in [1.29, 1.82) is 0 Å². The SMILES string of the molecule is OC(c1cnccc1C(F)(F)F)c1c(Cl)ccc2c1OCO2. The molecule has 1 atom stereocenters. The van der Waals surface area contributed by atoms with Gasteiger partial charge in [0.1, 0.15) is 6.10 Å². The molecule has 0 spiro atoms. The van der Waals surface area contributed by atoms with E-state index in [1.807, 2.05) is 0 Å². The summed E-state index contributed by atoms with van der Waals surface area (Å²) < 4.78 is 49.6. The molecule has 1 aromatic carbocycles. The summed E-state index contributed by atoms with van der Waals surface area (Å²) in [5, 5.41) is 10.5. The number of nitrogens with zero attached hydrogens (tertiary/aromatic N) is 1. The van der Waals surface area contributed by atoms with Crippen molar-refractivity contribution in [3.63, 3.8) is 0 Å². The third-order valence-electron chi connectivity index (χ3n) is 3.25. The van der Waals surface area contributed by atoms with Gasteiger partial charge in [-0.15, -0.1) is 0 Å². The number of benzene rings is 1. The predicted molar refractivity (Wildman–Crippen MR) is 70.9 cm³/mol. The van der Waals surface area contributed by atoms with Crippen molar-refractivity contribution in [2.45, 2.75) is 12.3 Å². The van der Waals surface area contributed by atoms with E-state index in [9.17, 15) is 18.3 Å². The minimum Gasteiger partial charge on any atom is -0.454 e. The van der Waals surface area contributed by atoms with Crippen molar-refractivity contribution >= 4 is 11.6 Å². The molecule has 0 saturated carbocycles. The number of pyridine rings is 1. The Morgan fingerprint density at radius 2 is 2.00 bits per heavy atom. The first kappa shape index (κ1) is 14.9. The van der Waals surface area contributed by atoms with Crippen LogP contribution in [0.25, 0.3) is 0 Å². The van der Waals surface area contributed by atoms with Crippen LogP contribution in [0.5, 0.6) is 11.5 Å². The zero-order chi connectivity index (χ0) is 15.9. The Kier molecular flexibility index (Phi) is 3.62. The maximum atomic E-state index is 13.1. The monoisotopic (exact) mass is 331 g/mol. The quantitative estimate of drug-likeness (QED) is 0.914. The molecule has 22 heavy (non-hydrogen) atoms. The number of fused-ring (bicyclic) bond motifs is 1. The molecule has 8 heteroatoms. The third-order valence-corrected chi connectivity index (χ3v) is 3.58. The molecule has 1 aromatic heterocycles. The van der Waals surface area contributed by atoms with Crippen LogP contribution in [0.4, 0.5) is 13.2 Å². The van der Waals surface area contributed by atoms with Gasteiger partial charge in [-0.1, -0.05) is 11.6 Å². The topological polar surface area (TPSA) is 51.6 Å². The highest BCUT2D eigenvalue weighted by Crippen LogP contribution is 2.46. The van der Waals surface area contributed by atoms with Gasteiger partial charge in [-0.2, -0.15) is 13.2 Å². The molecule has 1 unspecified atom stereocenters. The van der Waals surface area contributed by atoms with E-state index in [-0.39, 0.29) is 23.1 Å². The second-order valence-electron chi connectivity index (χ2n) is 4.56. The lowest BCUT2D eigenvalue weighted by atomic mass is 9.97.